The number of imide groups is 1. The van der Waals surface area contributed by atoms with E-state index in [-0.39, 0.29) is 30.9 Å². The first kappa shape index (κ1) is 28.6. The lowest BCUT2D eigenvalue weighted by Crippen LogP contribution is -2.30. The van der Waals surface area contributed by atoms with Gasteiger partial charge in [0.25, 0.3) is 0 Å². The second-order valence-corrected chi connectivity index (χ2v) is 11.5. The maximum absolute atomic E-state index is 13.9. The third-order valence-electron chi connectivity index (χ3n) is 8.17. The van der Waals surface area contributed by atoms with Crippen LogP contribution >= 0.6 is 0 Å². The van der Waals surface area contributed by atoms with Gasteiger partial charge in [0.1, 0.15) is 23.8 Å². The number of carbonyl (C=O) groups is 3. The summed E-state index contributed by atoms with van der Waals surface area (Å²) in [5.41, 5.74) is 1.84. The first-order chi connectivity index (χ1) is 21.5. The summed E-state index contributed by atoms with van der Waals surface area (Å²) in [6.07, 6.45) is 3.50. The number of anilines is 3. The van der Waals surface area contributed by atoms with Gasteiger partial charge in [-0.1, -0.05) is 0 Å². The molecular weight excluding hydrogens is 593 g/mol. The Morgan fingerprint density at radius 2 is 1.91 bits per heavy atom. The standard InChI is InChI=1S/C29H27F3N10O3/c1-14-5-6-33-23(36-14)18-8-19(18)26(44)39-27-35-10-20(29(30,31)32)24(38-27)34-9-17-12-41-11-16(15-3-4-15)7-21(25(41)37-17)42-13-22(43)40(2)28(42)45/h5-7,10-12,15,18-19H,3-4,8-9,13H2,1-2H3,(H2,34,35,38,39,44)/t18-,19-/m0/s1. The first-order valence-electron chi connectivity index (χ1n) is 14.3. The van der Waals surface area contributed by atoms with Crippen LogP contribution in [0.5, 0.6) is 0 Å². The van der Waals surface area contributed by atoms with Crippen molar-refractivity contribution in [1.29, 1.82) is 0 Å². The zero-order valence-electron chi connectivity index (χ0n) is 24.2. The molecule has 2 saturated carbocycles. The zero-order valence-corrected chi connectivity index (χ0v) is 24.2. The molecule has 2 aliphatic carbocycles. The lowest BCUT2D eigenvalue weighted by atomic mass is 10.1. The maximum Gasteiger partial charge on any atom is 0.421 e. The van der Waals surface area contributed by atoms with E-state index in [2.05, 4.69) is 35.6 Å². The lowest BCUT2D eigenvalue weighted by Gasteiger charge is -2.17. The Labute approximate surface area is 253 Å². The number of amides is 4. The van der Waals surface area contributed by atoms with Crippen LogP contribution in [0.15, 0.2) is 36.9 Å². The molecule has 0 spiro atoms. The molecule has 1 saturated heterocycles. The molecule has 1 aliphatic heterocycles. The number of likely N-dealkylation sites (N-methyl/N-ethyl adjacent to an activating group) is 1. The summed E-state index contributed by atoms with van der Waals surface area (Å²) in [6.45, 7) is 1.53. The van der Waals surface area contributed by atoms with Gasteiger partial charge in [-0.3, -0.25) is 24.7 Å². The average molecular weight is 621 g/mol. The van der Waals surface area contributed by atoms with Crippen LogP contribution in [0, 0.1) is 12.8 Å². The molecule has 3 fully saturated rings. The van der Waals surface area contributed by atoms with E-state index in [1.165, 1.54) is 11.9 Å². The highest BCUT2D eigenvalue weighted by Gasteiger charge is 2.46. The van der Waals surface area contributed by atoms with Gasteiger partial charge < -0.3 is 9.72 Å². The predicted molar refractivity (Wildman–Crippen MR) is 153 cm³/mol. The molecule has 232 valence electrons. The van der Waals surface area contributed by atoms with Crippen LogP contribution in [0.4, 0.5) is 35.4 Å². The van der Waals surface area contributed by atoms with Crippen molar-refractivity contribution in [2.45, 2.75) is 50.7 Å². The Kier molecular flexibility index (Phi) is 6.67. The van der Waals surface area contributed by atoms with Gasteiger partial charge in [-0.15, -0.1) is 0 Å². The summed E-state index contributed by atoms with van der Waals surface area (Å²) in [5.74, 6) is -1.36. The van der Waals surface area contributed by atoms with E-state index < -0.39 is 35.4 Å². The van der Waals surface area contributed by atoms with Gasteiger partial charge in [-0.25, -0.2) is 24.7 Å². The second kappa shape index (κ2) is 10.5. The highest BCUT2D eigenvalue weighted by atomic mass is 19.4. The van der Waals surface area contributed by atoms with Crippen molar-refractivity contribution in [1.82, 2.24) is 34.2 Å². The predicted octanol–water partition coefficient (Wildman–Crippen LogP) is 3.87. The van der Waals surface area contributed by atoms with E-state index in [0.717, 1.165) is 29.0 Å². The molecule has 7 rings (SSSR count). The van der Waals surface area contributed by atoms with Crippen LogP contribution in [0.1, 0.15) is 59.4 Å². The van der Waals surface area contributed by atoms with Gasteiger partial charge in [-0.05, 0) is 49.8 Å². The van der Waals surface area contributed by atoms with Gasteiger partial charge in [0, 0.05) is 49.4 Å². The van der Waals surface area contributed by atoms with Gasteiger partial charge in [0.2, 0.25) is 17.8 Å². The van der Waals surface area contributed by atoms with Crippen LogP contribution in [-0.2, 0) is 22.3 Å². The molecule has 4 aromatic rings. The number of nitrogens with zero attached hydrogens (tertiary/aromatic N) is 8. The average Bonchev–Trinajstić information content (AvgIpc) is 3.92. The van der Waals surface area contributed by atoms with E-state index >= 15 is 0 Å². The summed E-state index contributed by atoms with van der Waals surface area (Å²) in [4.78, 5) is 61.1. The highest BCUT2D eigenvalue weighted by Crippen LogP contribution is 2.46. The van der Waals surface area contributed by atoms with Crippen molar-refractivity contribution in [3.63, 3.8) is 0 Å². The van der Waals surface area contributed by atoms with E-state index in [1.54, 1.807) is 22.9 Å². The number of aromatic nitrogens is 6. The number of halogens is 3. The molecule has 0 radical (unpaired) electrons. The highest BCUT2D eigenvalue weighted by molar-refractivity contribution is 6.13. The Morgan fingerprint density at radius 1 is 1.11 bits per heavy atom. The summed E-state index contributed by atoms with van der Waals surface area (Å²) in [7, 11) is 1.41. The zero-order chi connectivity index (χ0) is 31.6. The molecule has 4 amide bonds. The Hall–Kier alpha value is -5.15. The molecule has 4 aromatic heterocycles. The number of hydrogen-bond acceptors (Lipinski definition) is 9. The van der Waals surface area contributed by atoms with Gasteiger partial charge >= 0.3 is 12.2 Å². The number of hydrogen-bond donors (Lipinski definition) is 2. The molecule has 5 heterocycles. The molecule has 3 aliphatic rings. The number of urea groups is 1. The number of aryl methyl sites for hydroxylation is 1. The Bertz CT molecular complexity index is 1870. The van der Waals surface area contributed by atoms with Crippen molar-refractivity contribution in [3.05, 3.63) is 65.3 Å². The number of alkyl halides is 3. The molecule has 16 heteroatoms. The molecule has 2 atom stereocenters. The quantitative estimate of drug-likeness (QED) is 0.280. The Morgan fingerprint density at radius 3 is 2.60 bits per heavy atom. The topological polar surface area (TPSA) is 151 Å². The lowest BCUT2D eigenvalue weighted by molar-refractivity contribution is -0.137. The fraction of sp³-hybridized carbons (Fsp3) is 0.379. The summed E-state index contributed by atoms with van der Waals surface area (Å²) < 4.78 is 43.4. The van der Waals surface area contributed by atoms with Crippen LogP contribution in [0.2, 0.25) is 0 Å². The van der Waals surface area contributed by atoms with Gasteiger partial charge in [0.05, 0.1) is 17.9 Å². The fourth-order valence-electron chi connectivity index (χ4n) is 5.44. The van der Waals surface area contributed by atoms with Crippen molar-refractivity contribution in [2.24, 2.45) is 5.92 Å². The van der Waals surface area contributed by atoms with Crippen LogP contribution in [0.25, 0.3) is 5.65 Å². The third-order valence-corrected chi connectivity index (χ3v) is 8.17. The molecule has 45 heavy (non-hydrogen) atoms. The minimum atomic E-state index is -4.77. The molecule has 0 aromatic carbocycles. The van der Waals surface area contributed by atoms with Crippen LogP contribution < -0.4 is 15.5 Å². The fourth-order valence-corrected chi connectivity index (χ4v) is 5.44. The largest absolute Gasteiger partial charge is 0.421 e. The normalized spacial score (nSPS) is 19.8. The third kappa shape index (κ3) is 5.51. The van der Waals surface area contributed by atoms with Crippen molar-refractivity contribution in [3.8, 4) is 0 Å². The number of fused-ring (bicyclic) bond motifs is 1. The maximum atomic E-state index is 13.9. The molecule has 13 nitrogen and oxygen atoms in total. The number of rotatable bonds is 8. The van der Waals surface area contributed by atoms with Crippen molar-refractivity contribution < 1.29 is 27.6 Å². The van der Waals surface area contributed by atoms with Crippen LogP contribution in [0.3, 0.4) is 0 Å². The Balaban J connectivity index is 1.12. The SMILES string of the molecule is Cc1ccnc([C@H]2C[C@@H]2C(=O)Nc2ncc(C(F)(F)F)c(NCc3cn4cc(C5CC5)cc(N5CC(=O)N(C)C5=O)c4n3)n2)n1. The minimum Gasteiger partial charge on any atom is -0.364 e. The van der Waals surface area contributed by atoms with E-state index in [4.69, 9.17) is 0 Å². The summed E-state index contributed by atoms with van der Waals surface area (Å²) in [5, 5.41) is 5.21. The molecule has 0 unspecified atom stereocenters. The summed E-state index contributed by atoms with van der Waals surface area (Å²) >= 11 is 0. The van der Waals surface area contributed by atoms with E-state index in [9.17, 15) is 27.6 Å². The van der Waals surface area contributed by atoms with Crippen LogP contribution in [-0.4, -0.2) is 65.7 Å². The minimum absolute atomic E-state index is 0.135. The van der Waals surface area contributed by atoms with Crippen molar-refractivity contribution in [2.75, 3.05) is 29.1 Å². The van der Waals surface area contributed by atoms with E-state index in [0.29, 0.717) is 41.4 Å². The molecule has 0 bridgehead atoms. The second-order valence-electron chi connectivity index (χ2n) is 11.5. The van der Waals surface area contributed by atoms with Gasteiger partial charge in [-0.2, -0.15) is 18.2 Å². The number of carbonyl (C=O) groups excluding carboxylic acids is 3. The van der Waals surface area contributed by atoms with Crippen molar-refractivity contribution >= 4 is 40.9 Å². The number of pyridine rings is 1. The number of nitrogens with one attached hydrogen (secondary N) is 2. The number of imidazole rings is 1. The smallest absolute Gasteiger partial charge is 0.364 e. The van der Waals surface area contributed by atoms with Gasteiger partial charge in [0.15, 0.2) is 5.65 Å². The molecule has 2 N–H and O–H groups in total. The molecular formula is C29H27F3N10O3. The van der Waals surface area contributed by atoms with E-state index in [1.807, 2.05) is 19.2 Å². The monoisotopic (exact) mass is 620 g/mol. The summed E-state index contributed by atoms with van der Waals surface area (Å²) in [6, 6.07) is 3.11. The first-order valence-corrected chi connectivity index (χ1v) is 14.3.